The number of halogens is 3. The Morgan fingerprint density at radius 1 is 0.929 bits per heavy atom. The topological polar surface area (TPSA) is 18.5 Å². The molecule has 0 saturated carbocycles. The molecule has 85 valence electrons. The summed E-state index contributed by atoms with van der Waals surface area (Å²) in [5.41, 5.74) is 0.129. The van der Waals surface area contributed by atoms with E-state index in [1.54, 1.807) is 0 Å². The van der Waals surface area contributed by atoms with E-state index in [-0.39, 0.29) is 5.41 Å². The Morgan fingerprint density at radius 3 is 1.86 bits per heavy atom. The van der Waals surface area contributed by atoms with E-state index in [9.17, 15) is 0 Å². The van der Waals surface area contributed by atoms with E-state index in [0.717, 1.165) is 22.6 Å². The molecule has 0 saturated heterocycles. The van der Waals surface area contributed by atoms with Crippen LogP contribution in [-0.2, 0) is 9.47 Å². The molecule has 14 heavy (non-hydrogen) atoms. The molecule has 0 aromatic rings. The lowest BCUT2D eigenvalue weighted by Gasteiger charge is -2.27. The van der Waals surface area contributed by atoms with Gasteiger partial charge in [-0.3, -0.25) is 0 Å². The first-order valence-corrected chi connectivity index (χ1v) is 7.74. The maximum absolute atomic E-state index is 5.53. The van der Waals surface area contributed by atoms with E-state index in [4.69, 9.17) is 9.47 Å². The highest BCUT2D eigenvalue weighted by molar-refractivity contribution is 9.10. The molecular weight excluding hydrogens is 380 g/mol. The summed E-state index contributed by atoms with van der Waals surface area (Å²) in [4.78, 5) is 0. The van der Waals surface area contributed by atoms with Gasteiger partial charge in [0.2, 0.25) is 0 Å². The van der Waals surface area contributed by atoms with Crippen LogP contribution >= 0.6 is 47.8 Å². The molecule has 0 aromatic heterocycles. The van der Waals surface area contributed by atoms with Gasteiger partial charge in [0.25, 0.3) is 0 Å². The van der Waals surface area contributed by atoms with Crippen molar-refractivity contribution < 1.29 is 9.47 Å². The maximum atomic E-state index is 5.53. The summed E-state index contributed by atoms with van der Waals surface area (Å²) >= 11 is 10.5. The summed E-state index contributed by atoms with van der Waals surface area (Å²) in [6, 6.07) is 0. The zero-order valence-corrected chi connectivity index (χ0v) is 12.9. The zero-order valence-electron chi connectivity index (χ0n) is 8.11. The molecule has 0 heterocycles. The van der Waals surface area contributed by atoms with Crippen molar-refractivity contribution in [3.63, 3.8) is 0 Å². The second-order valence-corrected chi connectivity index (χ2v) is 4.75. The Morgan fingerprint density at radius 2 is 1.43 bits per heavy atom. The quantitative estimate of drug-likeness (QED) is 0.441. The van der Waals surface area contributed by atoms with Gasteiger partial charge in [-0.1, -0.05) is 47.8 Å². The first-order chi connectivity index (χ1) is 6.74. The first kappa shape index (κ1) is 15.4. The summed E-state index contributed by atoms with van der Waals surface area (Å²) in [5.74, 6) is 0. The molecule has 0 aliphatic carbocycles. The predicted molar refractivity (Wildman–Crippen MR) is 70.8 cm³/mol. The third-order valence-electron chi connectivity index (χ3n) is 1.78. The molecule has 0 atom stereocenters. The minimum atomic E-state index is 0.129. The summed E-state index contributed by atoms with van der Waals surface area (Å²) in [6.45, 7) is 6.05. The lowest BCUT2D eigenvalue weighted by Crippen LogP contribution is -2.33. The first-order valence-electron chi connectivity index (χ1n) is 4.37. The van der Waals surface area contributed by atoms with E-state index in [1.165, 1.54) is 0 Å². The molecule has 0 aromatic carbocycles. The lowest BCUT2D eigenvalue weighted by molar-refractivity contribution is 0.0302. The molecule has 0 amide bonds. The van der Waals surface area contributed by atoms with Gasteiger partial charge in [-0.2, -0.15) is 0 Å². The van der Waals surface area contributed by atoms with Crippen molar-refractivity contribution in [3.05, 3.63) is 6.92 Å². The highest BCUT2D eigenvalue weighted by Crippen LogP contribution is 2.26. The molecule has 0 bridgehead atoms. The van der Waals surface area contributed by atoms with Crippen molar-refractivity contribution >= 4 is 47.8 Å². The van der Waals surface area contributed by atoms with Gasteiger partial charge in [-0.15, -0.1) is 0 Å². The number of hydrogen-bond acceptors (Lipinski definition) is 2. The fourth-order valence-electron chi connectivity index (χ4n) is 0.731. The van der Waals surface area contributed by atoms with Gasteiger partial charge in [0.15, 0.2) is 0 Å². The second-order valence-electron chi connectivity index (χ2n) is 3.07. The van der Waals surface area contributed by atoms with Gasteiger partial charge < -0.3 is 9.47 Å². The third-order valence-corrected chi connectivity index (χ3v) is 5.34. The molecule has 0 unspecified atom stereocenters. The van der Waals surface area contributed by atoms with Crippen LogP contribution in [0.2, 0.25) is 0 Å². The van der Waals surface area contributed by atoms with Gasteiger partial charge in [0, 0.05) is 28.0 Å². The van der Waals surface area contributed by atoms with Gasteiger partial charge in [0.05, 0.1) is 19.8 Å². The Hall–Kier alpha value is 1.36. The van der Waals surface area contributed by atoms with E-state index < -0.39 is 0 Å². The number of alkyl halides is 3. The number of rotatable bonds is 9. The monoisotopic (exact) mass is 393 g/mol. The third kappa shape index (κ3) is 6.05. The Kier molecular flexibility index (Phi) is 10.5. The predicted octanol–water partition coefficient (Wildman–Crippen LogP) is 3.02. The van der Waals surface area contributed by atoms with Crippen LogP contribution in [0.4, 0.5) is 0 Å². The van der Waals surface area contributed by atoms with Gasteiger partial charge in [-0.05, 0) is 6.92 Å². The molecule has 0 aliphatic rings. The number of hydrogen-bond donors (Lipinski definition) is 0. The zero-order chi connectivity index (χ0) is 10.9. The smallest absolute Gasteiger partial charge is 0.0700 e. The highest BCUT2D eigenvalue weighted by atomic mass is 79.9. The normalized spacial score (nSPS) is 12.0. The maximum Gasteiger partial charge on any atom is 0.0700 e. The minimum Gasteiger partial charge on any atom is -0.379 e. The van der Waals surface area contributed by atoms with E-state index in [2.05, 4.69) is 54.7 Å². The van der Waals surface area contributed by atoms with Crippen molar-refractivity contribution in [1.29, 1.82) is 0 Å². The lowest BCUT2D eigenvalue weighted by atomic mass is 9.98. The van der Waals surface area contributed by atoms with E-state index >= 15 is 0 Å². The van der Waals surface area contributed by atoms with Crippen molar-refractivity contribution in [1.82, 2.24) is 0 Å². The van der Waals surface area contributed by atoms with Crippen LogP contribution in [0, 0.1) is 12.3 Å². The molecular formula is C9H16Br3O2. The highest BCUT2D eigenvalue weighted by Gasteiger charge is 2.26. The van der Waals surface area contributed by atoms with Crippen molar-refractivity contribution in [2.45, 2.75) is 0 Å². The van der Waals surface area contributed by atoms with Gasteiger partial charge in [0.1, 0.15) is 0 Å². The van der Waals surface area contributed by atoms with Crippen LogP contribution in [0.5, 0.6) is 0 Å². The Balaban J connectivity index is 3.61. The standard InChI is InChI=1S/C9H16Br3O2/c1-2-13-3-4-14-8-9(5-10,6-11)7-12/h1-8H2. The van der Waals surface area contributed by atoms with Crippen LogP contribution in [0.15, 0.2) is 0 Å². The van der Waals surface area contributed by atoms with E-state index in [0.29, 0.717) is 19.8 Å². The van der Waals surface area contributed by atoms with Crippen LogP contribution in [0.3, 0.4) is 0 Å². The molecule has 0 spiro atoms. The average molecular weight is 396 g/mol. The second kappa shape index (κ2) is 9.58. The van der Waals surface area contributed by atoms with Crippen molar-refractivity contribution in [2.75, 3.05) is 42.4 Å². The molecule has 0 rings (SSSR count). The van der Waals surface area contributed by atoms with Crippen molar-refractivity contribution in [2.24, 2.45) is 5.41 Å². The van der Waals surface area contributed by atoms with Crippen LogP contribution in [0.1, 0.15) is 0 Å². The fourth-order valence-corrected chi connectivity index (χ4v) is 4.00. The van der Waals surface area contributed by atoms with Crippen LogP contribution in [-0.4, -0.2) is 42.4 Å². The molecule has 2 nitrogen and oxygen atoms in total. The van der Waals surface area contributed by atoms with E-state index in [1.807, 2.05) is 0 Å². The molecule has 0 N–H and O–H groups in total. The van der Waals surface area contributed by atoms with Gasteiger partial charge in [-0.25, -0.2) is 0 Å². The molecule has 5 heteroatoms. The largest absolute Gasteiger partial charge is 0.379 e. The molecule has 0 aliphatic heterocycles. The minimum absolute atomic E-state index is 0.129. The van der Waals surface area contributed by atoms with Gasteiger partial charge >= 0.3 is 0 Å². The summed E-state index contributed by atoms with van der Waals surface area (Å²) in [7, 11) is 0. The van der Waals surface area contributed by atoms with Crippen LogP contribution in [0.25, 0.3) is 0 Å². The van der Waals surface area contributed by atoms with Crippen molar-refractivity contribution in [3.8, 4) is 0 Å². The molecule has 0 fully saturated rings. The number of ether oxygens (including phenoxy) is 2. The summed E-state index contributed by atoms with van der Waals surface area (Å²) in [5, 5.41) is 2.73. The Bertz CT molecular complexity index is 121. The fraction of sp³-hybridized carbons (Fsp3) is 0.889. The molecule has 1 radical (unpaired) electrons. The SMILES string of the molecule is [CH2]COCCOCC(CBr)(CBr)CBr. The Labute approximate surface area is 111 Å². The van der Waals surface area contributed by atoms with Crippen LogP contribution < -0.4 is 0 Å². The summed E-state index contributed by atoms with van der Waals surface area (Å²) < 4.78 is 10.6. The summed E-state index contributed by atoms with van der Waals surface area (Å²) in [6.07, 6.45) is 0. The average Bonchev–Trinajstić information content (AvgIpc) is 2.24.